The molecule has 0 bridgehead atoms. The van der Waals surface area contributed by atoms with Crippen LogP contribution >= 0.6 is 0 Å². The first-order valence-corrected chi connectivity index (χ1v) is 6.95. The molecule has 0 amide bonds. The van der Waals surface area contributed by atoms with Crippen LogP contribution in [0.3, 0.4) is 0 Å². The fourth-order valence-corrected chi connectivity index (χ4v) is 1.66. The molecule has 0 radical (unpaired) electrons. The Kier molecular flexibility index (Phi) is 13.3. The van der Waals surface area contributed by atoms with Crippen LogP contribution < -0.4 is 5.73 Å². The van der Waals surface area contributed by atoms with Crippen molar-refractivity contribution in [3.63, 3.8) is 0 Å². The second kappa shape index (κ2) is 12.4. The topological polar surface area (TPSA) is 49.8 Å². The van der Waals surface area contributed by atoms with Gasteiger partial charge in [-0.1, -0.05) is 38.5 Å². The summed E-state index contributed by atoms with van der Waals surface area (Å²) >= 11 is 0. The molecule has 18 heavy (non-hydrogen) atoms. The van der Waals surface area contributed by atoms with Crippen LogP contribution in [0.15, 0.2) is 23.3 Å². The molecule has 0 fully saturated rings. The van der Waals surface area contributed by atoms with Gasteiger partial charge in [0, 0.05) is 11.6 Å². The SMILES string of the molecule is C/C=C(/C)CC(N)CCC(C)/C=C(\C)C#N.CC. The van der Waals surface area contributed by atoms with E-state index in [9.17, 15) is 0 Å². The van der Waals surface area contributed by atoms with Crippen molar-refractivity contribution in [1.82, 2.24) is 0 Å². The van der Waals surface area contributed by atoms with E-state index in [-0.39, 0.29) is 6.04 Å². The highest BCUT2D eigenvalue weighted by atomic mass is 14.6. The van der Waals surface area contributed by atoms with Crippen LogP contribution in [-0.4, -0.2) is 6.04 Å². The molecule has 0 aliphatic carbocycles. The zero-order valence-corrected chi connectivity index (χ0v) is 13.0. The van der Waals surface area contributed by atoms with Crippen LogP contribution in [0, 0.1) is 17.2 Å². The third-order valence-corrected chi connectivity index (χ3v) is 2.78. The van der Waals surface area contributed by atoms with E-state index in [1.807, 2.05) is 33.8 Å². The molecule has 0 aromatic carbocycles. The third kappa shape index (κ3) is 11.4. The predicted molar refractivity (Wildman–Crippen MR) is 81.1 cm³/mol. The molecule has 2 nitrogen and oxygen atoms in total. The molecular weight excluding hydrogens is 220 g/mol. The van der Waals surface area contributed by atoms with Gasteiger partial charge in [-0.3, -0.25) is 0 Å². The van der Waals surface area contributed by atoms with Crippen molar-refractivity contribution in [2.24, 2.45) is 11.7 Å². The number of nitrogens with two attached hydrogens (primary N) is 1. The Bertz CT molecular complexity index is 295. The van der Waals surface area contributed by atoms with E-state index >= 15 is 0 Å². The maximum absolute atomic E-state index is 8.66. The lowest BCUT2D eigenvalue weighted by Crippen LogP contribution is -2.20. The van der Waals surface area contributed by atoms with Gasteiger partial charge < -0.3 is 5.73 Å². The molecule has 2 unspecified atom stereocenters. The van der Waals surface area contributed by atoms with Gasteiger partial charge in [0.2, 0.25) is 0 Å². The van der Waals surface area contributed by atoms with Crippen LogP contribution in [0.5, 0.6) is 0 Å². The van der Waals surface area contributed by atoms with Gasteiger partial charge in [-0.25, -0.2) is 0 Å². The lowest BCUT2D eigenvalue weighted by molar-refractivity contribution is 0.521. The van der Waals surface area contributed by atoms with Crippen molar-refractivity contribution in [3.05, 3.63) is 23.3 Å². The molecule has 0 aliphatic heterocycles. The maximum Gasteiger partial charge on any atom is 0.0940 e. The van der Waals surface area contributed by atoms with Gasteiger partial charge in [0.15, 0.2) is 0 Å². The van der Waals surface area contributed by atoms with Crippen molar-refractivity contribution in [3.8, 4) is 6.07 Å². The molecule has 0 heterocycles. The van der Waals surface area contributed by atoms with Crippen LogP contribution in [0.2, 0.25) is 0 Å². The molecule has 2 atom stereocenters. The standard InChI is InChI=1S/C14H24N2.C2H6/c1-5-11(2)9-14(16)7-6-12(3)8-13(4)10-15;1-2/h5,8,12,14H,6-7,9,16H2,1-4H3;1-2H3/b11-5-,13-8+;. The van der Waals surface area contributed by atoms with Gasteiger partial charge in [-0.2, -0.15) is 5.26 Å². The second-order valence-electron chi connectivity index (χ2n) is 4.62. The minimum Gasteiger partial charge on any atom is -0.327 e. The lowest BCUT2D eigenvalue weighted by Gasteiger charge is -2.13. The summed E-state index contributed by atoms with van der Waals surface area (Å²) in [4.78, 5) is 0. The van der Waals surface area contributed by atoms with Crippen LogP contribution in [0.1, 0.15) is 60.8 Å². The summed E-state index contributed by atoms with van der Waals surface area (Å²) in [6.07, 6.45) is 7.18. The Morgan fingerprint density at radius 2 is 1.83 bits per heavy atom. The summed E-state index contributed by atoms with van der Waals surface area (Å²) in [6, 6.07) is 2.39. The fraction of sp³-hybridized carbons (Fsp3) is 0.688. The van der Waals surface area contributed by atoms with Gasteiger partial charge in [-0.15, -0.1) is 0 Å². The zero-order chi connectivity index (χ0) is 14.6. The molecule has 104 valence electrons. The fourth-order valence-electron chi connectivity index (χ4n) is 1.66. The summed E-state index contributed by atoms with van der Waals surface area (Å²) < 4.78 is 0. The highest BCUT2D eigenvalue weighted by molar-refractivity contribution is 5.18. The van der Waals surface area contributed by atoms with Crippen molar-refractivity contribution < 1.29 is 0 Å². The number of rotatable bonds is 6. The second-order valence-corrected chi connectivity index (χ2v) is 4.62. The number of hydrogen-bond donors (Lipinski definition) is 1. The minimum atomic E-state index is 0.245. The average molecular weight is 250 g/mol. The summed E-state index contributed by atoms with van der Waals surface area (Å²) in [6.45, 7) is 12.1. The van der Waals surface area contributed by atoms with E-state index in [2.05, 4.69) is 26.0 Å². The molecule has 2 N–H and O–H groups in total. The van der Waals surface area contributed by atoms with Gasteiger partial charge in [0.1, 0.15) is 0 Å². The average Bonchev–Trinajstić information content (AvgIpc) is 2.38. The summed E-state index contributed by atoms with van der Waals surface area (Å²) in [5.41, 5.74) is 8.18. The molecule has 0 aromatic heterocycles. The van der Waals surface area contributed by atoms with E-state index in [0.717, 1.165) is 24.8 Å². The number of allylic oxidation sites excluding steroid dienone is 3. The van der Waals surface area contributed by atoms with Crippen LogP contribution in [0.4, 0.5) is 0 Å². The van der Waals surface area contributed by atoms with E-state index < -0.39 is 0 Å². The maximum atomic E-state index is 8.66. The Labute approximate surface area is 114 Å². The summed E-state index contributed by atoms with van der Waals surface area (Å²) in [5.74, 6) is 0.441. The zero-order valence-electron chi connectivity index (χ0n) is 13.0. The Balaban J connectivity index is 0. The van der Waals surface area contributed by atoms with E-state index in [1.165, 1.54) is 5.57 Å². The van der Waals surface area contributed by atoms with Gasteiger partial charge in [0.25, 0.3) is 0 Å². The minimum absolute atomic E-state index is 0.245. The van der Waals surface area contributed by atoms with Crippen LogP contribution in [0.25, 0.3) is 0 Å². The molecule has 0 spiro atoms. The van der Waals surface area contributed by atoms with Crippen LogP contribution in [-0.2, 0) is 0 Å². The summed E-state index contributed by atoms with van der Waals surface area (Å²) in [5, 5.41) is 8.66. The van der Waals surface area contributed by atoms with Crippen molar-refractivity contribution in [1.29, 1.82) is 5.26 Å². The molecule has 0 saturated heterocycles. The molecule has 2 heteroatoms. The third-order valence-electron chi connectivity index (χ3n) is 2.78. The summed E-state index contributed by atoms with van der Waals surface area (Å²) in [7, 11) is 0. The monoisotopic (exact) mass is 250 g/mol. The molecule has 0 rings (SSSR count). The molecule has 0 saturated carbocycles. The molecular formula is C16H30N2. The first-order valence-electron chi connectivity index (χ1n) is 6.95. The lowest BCUT2D eigenvalue weighted by atomic mass is 9.97. The van der Waals surface area contributed by atoms with E-state index in [0.29, 0.717) is 5.92 Å². The number of nitriles is 1. The highest BCUT2D eigenvalue weighted by Crippen LogP contribution is 2.14. The largest absolute Gasteiger partial charge is 0.327 e. The first kappa shape index (κ1) is 19.3. The Morgan fingerprint density at radius 1 is 1.28 bits per heavy atom. The normalized spacial score (nSPS) is 15.2. The van der Waals surface area contributed by atoms with Gasteiger partial charge in [0.05, 0.1) is 6.07 Å². The van der Waals surface area contributed by atoms with Gasteiger partial charge in [-0.05, 0) is 46.0 Å². The predicted octanol–water partition coefficient (Wildman–Crippen LogP) is 4.58. The molecule has 0 aromatic rings. The van der Waals surface area contributed by atoms with Crippen molar-refractivity contribution >= 4 is 0 Å². The quantitative estimate of drug-likeness (QED) is 0.554. The van der Waals surface area contributed by atoms with E-state index in [4.69, 9.17) is 11.0 Å². The van der Waals surface area contributed by atoms with E-state index in [1.54, 1.807) is 0 Å². The van der Waals surface area contributed by atoms with Crippen molar-refractivity contribution in [2.75, 3.05) is 0 Å². The van der Waals surface area contributed by atoms with Gasteiger partial charge >= 0.3 is 0 Å². The number of hydrogen-bond acceptors (Lipinski definition) is 2. The number of nitrogens with zero attached hydrogens (tertiary/aromatic N) is 1. The highest BCUT2D eigenvalue weighted by Gasteiger charge is 2.06. The van der Waals surface area contributed by atoms with Crippen molar-refractivity contribution in [2.45, 2.75) is 66.8 Å². The Hall–Kier alpha value is -1.07. The Morgan fingerprint density at radius 3 is 2.28 bits per heavy atom. The molecule has 0 aliphatic rings. The first-order chi connectivity index (χ1) is 8.49. The smallest absolute Gasteiger partial charge is 0.0940 e.